The molecule has 3 heteroatoms. The third kappa shape index (κ3) is 1.37. The van der Waals surface area contributed by atoms with Crippen molar-refractivity contribution in [1.82, 2.24) is 14.9 Å². The zero-order valence-corrected chi connectivity index (χ0v) is 8.54. The third-order valence-corrected chi connectivity index (χ3v) is 2.92. The Bertz CT molecular complexity index is 297. The molecule has 1 aliphatic rings. The van der Waals surface area contributed by atoms with Crippen LogP contribution in [-0.2, 0) is 5.54 Å². The summed E-state index contributed by atoms with van der Waals surface area (Å²) in [6.07, 6.45) is 6.53. The van der Waals surface area contributed by atoms with E-state index in [0.29, 0.717) is 6.04 Å². The first-order valence-electron chi connectivity index (χ1n) is 4.91. The van der Waals surface area contributed by atoms with Gasteiger partial charge >= 0.3 is 0 Å². The number of nitrogens with one attached hydrogen (secondary N) is 1. The fraction of sp³-hybridized carbons (Fsp3) is 0.700. The highest BCUT2D eigenvalue weighted by atomic mass is 15.1. The number of aromatic nitrogens is 2. The number of nitrogens with zero attached hydrogens (tertiary/aromatic N) is 2. The average molecular weight is 179 g/mol. The van der Waals surface area contributed by atoms with Crippen LogP contribution in [0.3, 0.4) is 0 Å². The van der Waals surface area contributed by atoms with Crippen LogP contribution in [0.15, 0.2) is 12.5 Å². The molecule has 1 heterocycles. The molecule has 0 amide bonds. The lowest BCUT2D eigenvalue weighted by Gasteiger charge is -2.10. The molecule has 1 aromatic heterocycles. The molecule has 0 aliphatic heterocycles. The molecule has 13 heavy (non-hydrogen) atoms. The minimum atomic E-state index is 0.208. The average Bonchev–Trinajstić information content (AvgIpc) is 2.75. The van der Waals surface area contributed by atoms with Gasteiger partial charge in [-0.15, -0.1) is 0 Å². The second-order valence-electron chi connectivity index (χ2n) is 4.13. The number of imidazole rings is 1. The van der Waals surface area contributed by atoms with Crippen LogP contribution < -0.4 is 5.32 Å². The third-order valence-electron chi connectivity index (χ3n) is 2.92. The number of hydrogen-bond donors (Lipinski definition) is 1. The van der Waals surface area contributed by atoms with Crippen molar-refractivity contribution in [3.63, 3.8) is 0 Å². The van der Waals surface area contributed by atoms with Gasteiger partial charge in [0, 0.05) is 12.2 Å². The van der Waals surface area contributed by atoms with Crippen LogP contribution in [0, 0.1) is 0 Å². The first kappa shape index (κ1) is 8.75. The van der Waals surface area contributed by atoms with Gasteiger partial charge in [0.25, 0.3) is 0 Å². The first-order chi connectivity index (χ1) is 6.18. The van der Waals surface area contributed by atoms with E-state index in [9.17, 15) is 0 Å². The summed E-state index contributed by atoms with van der Waals surface area (Å²) in [6.45, 7) is 4.34. The van der Waals surface area contributed by atoms with Crippen LogP contribution in [0.4, 0.5) is 0 Å². The first-order valence-corrected chi connectivity index (χ1v) is 4.91. The normalized spacial score (nSPS) is 19.4. The van der Waals surface area contributed by atoms with E-state index < -0.39 is 0 Å². The fourth-order valence-corrected chi connectivity index (χ4v) is 1.63. The maximum Gasteiger partial charge on any atom is 0.0952 e. The smallest absolute Gasteiger partial charge is 0.0952 e. The van der Waals surface area contributed by atoms with E-state index >= 15 is 0 Å². The highest BCUT2D eigenvalue weighted by Crippen LogP contribution is 2.44. The Hall–Kier alpha value is -0.830. The zero-order chi connectivity index (χ0) is 9.47. The van der Waals surface area contributed by atoms with Crippen molar-refractivity contribution in [3.8, 4) is 0 Å². The van der Waals surface area contributed by atoms with Gasteiger partial charge in [0.15, 0.2) is 0 Å². The Morgan fingerprint density at radius 1 is 1.54 bits per heavy atom. The molecule has 2 rings (SSSR count). The molecular weight excluding hydrogens is 162 g/mol. The summed E-state index contributed by atoms with van der Waals surface area (Å²) in [5.74, 6) is 0. The van der Waals surface area contributed by atoms with Gasteiger partial charge in [-0.1, -0.05) is 0 Å². The van der Waals surface area contributed by atoms with E-state index in [2.05, 4.69) is 34.9 Å². The van der Waals surface area contributed by atoms with Gasteiger partial charge in [-0.3, -0.25) is 0 Å². The zero-order valence-electron chi connectivity index (χ0n) is 8.54. The van der Waals surface area contributed by atoms with Crippen molar-refractivity contribution < 1.29 is 0 Å². The monoisotopic (exact) mass is 179 g/mol. The molecule has 1 aliphatic carbocycles. The number of rotatable bonds is 3. The molecule has 72 valence electrons. The van der Waals surface area contributed by atoms with Crippen molar-refractivity contribution in [2.24, 2.45) is 0 Å². The molecule has 0 aromatic carbocycles. The molecule has 1 N–H and O–H groups in total. The Balaban J connectivity index is 2.23. The van der Waals surface area contributed by atoms with Crippen LogP contribution in [0.25, 0.3) is 0 Å². The SMILES string of the molecule is CNC1(c2cn(C(C)C)cn2)CC1. The molecule has 1 aromatic rings. The summed E-state index contributed by atoms with van der Waals surface area (Å²) in [4.78, 5) is 4.44. The van der Waals surface area contributed by atoms with Crippen LogP contribution >= 0.6 is 0 Å². The molecule has 1 fully saturated rings. The summed E-state index contributed by atoms with van der Waals surface area (Å²) < 4.78 is 2.16. The van der Waals surface area contributed by atoms with Gasteiger partial charge in [0.2, 0.25) is 0 Å². The molecular formula is C10H17N3. The summed E-state index contributed by atoms with van der Waals surface area (Å²) in [7, 11) is 2.02. The van der Waals surface area contributed by atoms with E-state index in [1.807, 2.05) is 13.4 Å². The van der Waals surface area contributed by atoms with E-state index in [-0.39, 0.29) is 5.54 Å². The predicted octanol–water partition coefficient (Wildman–Crippen LogP) is 1.67. The van der Waals surface area contributed by atoms with E-state index in [4.69, 9.17) is 0 Å². The van der Waals surface area contributed by atoms with Gasteiger partial charge < -0.3 is 9.88 Å². The fourth-order valence-electron chi connectivity index (χ4n) is 1.63. The molecule has 0 atom stereocenters. The van der Waals surface area contributed by atoms with Crippen molar-refractivity contribution >= 4 is 0 Å². The van der Waals surface area contributed by atoms with Crippen molar-refractivity contribution in [2.45, 2.75) is 38.3 Å². The summed E-state index contributed by atoms with van der Waals surface area (Å²) in [6, 6.07) is 0.508. The van der Waals surface area contributed by atoms with Crippen molar-refractivity contribution in [3.05, 3.63) is 18.2 Å². The second-order valence-corrected chi connectivity index (χ2v) is 4.13. The highest BCUT2D eigenvalue weighted by Gasteiger charge is 2.44. The van der Waals surface area contributed by atoms with Gasteiger partial charge in [-0.2, -0.15) is 0 Å². The number of hydrogen-bond acceptors (Lipinski definition) is 2. The Morgan fingerprint density at radius 3 is 2.62 bits per heavy atom. The predicted molar refractivity (Wildman–Crippen MR) is 52.6 cm³/mol. The maximum atomic E-state index is 4.44. The van der Waals surface area contributed by atoms with E-state index in [1.54, 1.807) is 0 Å². The standard InChI is InChI=1S/C10H17N3/c1-8(2)13-6-9(12-7-13)10(11-3)4-5-10/h6-8,11H,4-5H2,1-3H3. The molecule has 0 radical (unpaired) electrons. The lowest BCUT2D eigenvalue weighted by atomic mass is 10.2. The van der Waals surface area contributed by atoms with Crippen molar-refractivity contribution in [1.29, 1.82) is 0 Å². The quantitative estimate of drug-likeness (QED) is 0.765. The molecule has 3 nitrogen and oxygen atoms in total. The van der Waals surface area contributed by atoms with Crippen LogP contribution in [0.2, 0.25) is 0 Å². The van der Waals surface area contributed by atoms with Crippen LogP contribution in [0.1, 0.15) is 38.4 Å². The van der Waals surface area contributed by atoms with Gasteiger partial charge in [-0.05, 0) is 33.7 Å². The Morgan fingerprint density at radius 2 is 2.23 bits per heavy atom. The second kappa shape index (κ2) is 2.84. The molecule has 0 bridgehead atoms. The Kier molecular flexibility index (Phi) is 1.91. The largest absolute Gasteiger partial charge is 0.335 e. The van der Waals surface area contributed by atoms with E-state index in [1.165, 1.54) is 18.5 Å². The molecule has 0 unspecified atom stereocenters. The molecule has 0 spiro atoms. The minimum Gasteiger partial charge on any atom is -0.335 e. The highest BCUT2D eigenvalue weighted by molar-refractivity contribution is 5.20. The minimum absolute atomic E-state index is 0.208. The van der Waals surface area contributed by atoms with Gasteiger partial charge in [0.1, 0.15) is 0 Å². The molecule has 0 saturated heterocycles. The Labute approximate surface area is 79.2 Å². The summed E-state index contributed by atoms with van der Waals surface area (Å²) in [5.41, 5.74) is 1.41. The topological polar surface area (TPSA) is 29.9 Å². The van der Waals surface area contributed by atoms with Gasteiger partial charge in [0.05, 0.1) is 17.6 Å². The van der Waals surface area contributed by atoms with E-state index in [0.717, 1.165) is 0 Å². The summed E-state index contributed by atoms with van der Waals surface area (Å²) >= 11 is 0. The van der Waals surface area contributed by atoms with Crippen LogP contribution in [0.5, 0.6) is 0 Å². The lowest BCUT2D eigenvalue weighted by Crippen LogP contribution is -2.24. The lowest BCUT2D eigenvalue weighted by molar-refractivity contribution is 0.563. The van der Waals surface area contributed by atoms with Crippen molar-refractivity contribution in [2.75, 3.05) is 7.05 Å². The van der Waals surface area contributed by atoms with Crippen LogP contribution in [-0.4, -0.2) is 16.6 Å². The summed E-state index contributed by atoms with van der Waals surface area (Å²) in [5, 5.41) is 3.35. The maximum absolute atomic E-state index is 4.44. The van der Waals surface area contributed by atoms with Gasteiger partial charge in [-0.25, -0.2) is 4.98 Å². The molecule has 1 saturated carbocycles.